The van der Waals surface area contributed by atoms with E-state index in [4.69, 9.17) is 0 Å². The Kier molecular flexibility index (Phi) is 3.67. The van der Waals surface area contributed by atoms with Gasteiger partial charge in [0.2, 0.25) is 0 Å². The van der Waals surface area contributed by atoms with Crippen LogP contribution in [0.15, 0.2) is 53.6 Å². The number of benzene rings is 1. The summed E-state index contributed by atoms with van der Waals surface area (Å²) < 4.78 is 14.3. The zero-order valence-electron chi connectivity index (χ0n) is 9.67. The van der Waals surface area contributed by atoms with Gasteiger partial charge in [0, 0.05) is 30.9 Å². The van der Waals surface area contributed by atoms with Crippen molar-refractivity contribution in [1.29, 1.82) is 0 Å². The molecule has 0 atom stereocenters. The fraction of sp³-hybridized carbons (Fsp3) is 0.143. The Morgan fingerprint density at radius 2 is 1.67 bits per heavy atom. The summed E-state index contributed by atoms with van der Waals surface area (Å²) in [5, 5.41) is 0. The van der Waals surface area contributed by atoms with Gasteiger partial charge in [-0.25, -0.2) is 4.39 Å². The molecule has 4 heteroatoms. The van der Waals surface area contributed by atoms with E-state index < -0.39 is 0 Å². The Morgan fingerprint density at radius 1 is 1.06 bits per heavy atom. The number of ketones is 1. The van der Waals surface area contributed by atoms with Crippen molar-refractivity contribution >= 4 is 5.78 Å². The van der Waals surface area contributed by atoms with Crippen LogP contribution in [-0.2, 0) is 17.8 Å². The van der Waals surface area contributed by atoms with Gasteiger partial charge in [0.1, 0.15) is 5.82 Å². The Hall–Kier alpha value is -2.23. The van der Waals surface area contributed by atoms with Crippen LogP contribution in [-0.4, -0.2) is 10.4 Å². The summed E-state index contributed by atoms with van der Waals surface area (Å²) in [6.45, 7) is 0.206. The largest absolute Gasteiger partial charge is 0.347 e. The molecular formula is C14H12FNO2. The average Bonchev–Trinajstić information content (AvgIpc) is 2.35. The predicted molar refractivity (Wildman–Crippen MR) is 65.8 cm³/mol. The van der Waals surface area contributed by atoms with E-state index in [2.05, 4.69) is 0 Å². The molecule has 0 saturated carbocycles. The molecule has 18 heavy (non-hydrogen) atoms. The number of aromatic nitrogens is 1. The van der Waals surface area contributed by atoms with Gasteiger partial charge in [-0.05, 0) is 17.7 Å². The molecule has 0 aliphatic rings. The molecule has 0 aliphatic carbocycles. The maximum atomic E-state index is 12.7. The van der Waals surface area contributed by atoms with E-state index >= 15 is 0 Å². The fourth-order valence-corrected chi connectivity index (χ4v) is 1.64. The van der Waals surface area contributed by atoms with E-state index in [-0.39, 0.29) is 30.0 Å². The van der Waals surface area contributed by atoms with Crippen LogP contribution in [0.2, 0.25) is 0 Å². The van der Waals surface area contributed by atoms with Crippen LogP contribution in [0.5, 0.6) is 0 Å². The lowest BCUT2D eigenvalue weighted by atomic mass is 10.1. The first-order chi connectivity index (χ1) is 8.63. The van der Waals surface area contributed by atoms with Crippen LogP contribution in [0.4, 0.5) is 4.39 Å². The van der Waals surface area contributed by atoms with Crippen molar-refractivity contribution in [3.63, 3.8) is 0 Å². The SMILES string of the molecule is O=C(Cc1ccc(F)cc1)Cn1ccc(=O)cc1. The smallest absolute Gasteiger partial charge is 0.181 e. The summed E-state index contributed by atoms with van der Waals surface area (Å²) in [5.41, 5.74) is 0.694. The van der Waals surface area contributed by atoms with Crippen LogP contribution in [0.1, 0.15) is 5.56 Å². The van der Waals surface area contributed by atoms with Gasteiger partial charge in [-0.2, -0.15) is 0 Å². The first-order valence-corrected chi connectivity index (χ1v) is 5.56. The standard InChI is InChI=1S/C14H12FNO2/c15-12-3-1-11(2-4-12)9-14(18)10-16-7-5-13(17)6-8-16/h1-8H,9-10H2. The number of pyridine rings is 1. The summed E-state index contributed by atoms with van der Waals surface area (Å²) in [5.74, 6) is -0.308. The normalized spacial score (nSPS) is 10.3. The van der Waals surface area contributed by atoms with Gasteiger partial charge < -0.3 is 4.57 Å². The minimum atomic E-state index is -0.313. The Bertz CT molecular complexity index is 581. The summed E-state index contributed by atoms with van der Waals surface area (Å²) in [4.78, 5) is 22.7. The topological polar surface area (TPSA) is 39.1 Å². The third-order valence-electron chi connectivity index (χ3n) is 2.53. The molecule has 0 amide bonds. The summed E-state index contributed by atoms with van der Waals surface area (Å²) >= 11 is 0. The lowest BCUT2D eigenvalue weighted by molar-refractivity contribution is -0.119. The van der Waals surface area contributed by atoms with Gasteiger partial charge in [-0.3, -0.25) is 9.59 Å². The molecule has 0 fully saturated rings. The Morgan fingerprint density at radius 3 is 2.28 bits per heavy atom. The van der Waals surface area contributed by atoms with Gasteiger partial charge >= 0.3 is 0 Å². The maximum absolute atomic E-state index is 12.7. The molecule has 0 radical (unpaired) electrons. The van der Waals surface area contributed by atoms with Gasteiger partial charge in [0.05, 0.1) is 6.54 Å². The summed E-state index contributed by atoms with van der Waals surface area (Å²) in [6.07, 6.45) is 3.40. The van der Waals surface area contributed by atoms with Crippen molar-refractivity contribution in [3.8, 4) is 0 Å². The molecule has 0 saturated heterocycles. The number of rotatable bonds is 4. The van der Waals surface area contributed by atoms with E-state index in [1.54, 1.807) is 29.1 Å². The van der Waals surface area contributed by atoms with Crippen molar-refractivity contribution < 1.29 is 9.18 Å². The molecule has 1 heterocycles. The molecule has 3 nitrogen and oxygen atoms in total. The van der Waals surface area contributed by atoms with E-state index in [9.17, 15) is 14.0 Å². The van der Waals surface area contributed by atoms with Crippen LogP contribution in [0.25, 0.3) is 0 Å². The van der Waals surface area contributed by atoms with E-state index in [0.29, 0.717) is 0 Å². The number of carbonyl (C=O) groups excluding carboxylic acids is 1. The number of hydrogen-bond acceptors (Lipinski definition) is 2. The minimum absolute atomic E-state index is 0.00487. The number of Topliss-reactive ketones (excluding diaryl/α,β-unsaturated/α-hetero) is 1. The van der Waals surface area contributed by atoms with E-state index in [0.717, 1.165) is 5.56 Å². The first-order valence-electron chi connectivity index (χ1n) is 5.56. The fourth-order valence-electron chi connectivity index (χ4n) is 1.64. The second-order valence-corrected chi connectivity index (χ2v) is 4.05. The molecule has 0 aliphatic heterocycles. The Labute approximate surface area is 104 Å². The summed E-state index contributed by atoms with van der Waals surface area (Å²) in [6, 6.07) is 8.68. The highest BCUT2D eigenvalue weighted by Crippen LogP contribution is 2.04. The number of halogens is 1. The van der Waals surface area contributed by atoms with Crippen molar-refractivity contribution in [3.05, 3.63) is 70.4 Å². The third kappa shape index (κ3) is 3.38. The molecule has 92 valence electrons. The van der Waals surface area contributed by atoms with Gasteiger partial charge in [-0.1, -0.05) is 12.1 Å². The van der Waals surface area contributed by atoms with Crippen LogP contribution in [0, 0.1) is 5.82 Å². The van der Waals surface area contributed by atoms with Gasteiger partial charge in [0.25, 0.3) is 0 Å². The lowest BCUT2D eigenvalue weighted by Crippen LogP contribution is -2.13. The molecule has 0 N–H and O–H groups in total. The number of carbonyl (C=O) groups is 1. The molecular weight excluding hydrogens is 233 g/mol. The van der Waals surface area contributed by atoms with Crippen molar-refractivity contribution in [2.24, 2.45) is 0 Å². The third-order valence-corrected chi connectivity index (χ3v) is 2.53. The highest BCUT2D eigenvalue weighted by molar-refractivity contribution is 5.80. The highest BCUT2D eigenvalue weighted by Gasteiger charge is 2.04. The van der Waals surface area contributed by atoms with Crippen LogP contribution in [0.3, 0.4) is 0 Å². The quantitative estimate of drug-likeness (QED) is 0.824. The first kappa shape index (κ1) is 12.2. The van der Waals surface area contributed by atoms with Crippen LogP contribution < -0.4 is 5.43 Å². The maximum Gasteiger partial charge on any atom is 0.181 e. The number of nitrogens with zero attached hydrogens (tertiary/aromatic N) is 1. The second-order valence-electron chi connectivity index (χ2n) is 4.05. The molecule has 1 aromatic heterocycles. The number of hydrogen-bond donors (Lipinski definition) is 0. The van der Waals surface area contributed by atoms with Gasteiger partial charge in [0.15, 0.2) is 11.2 Å². The molecule has 0 spiro atoms. The van der Waals surface area contributed by atoms with Crippen molar-refractivity contribution in [1.82, 2.24) is 4.57 Å². The minimum Gasteiger partial charge on any atom is -0.347 e. The van der Waals surface area contributed by atoms with Crippen molar-refractivity contribution in [2.45, 2.75) is 13.0 Å². The zero-order valence-corrected chi connectivity index (χ0v) is 9.67. The van der Waals surface area contributed by atoms with E-state index in [1.807, 2.05) is 0 Å². The molecule has 0 bridgehead atoms. The van der Waals surface area contributed by atoms with Crippen molar-refractivity contribution in [2.75, 3.05) is 0 Å². The molecule has 2 rings (SSSR count). The molecule has 2 aromatic rings. The predicted octanol–water partition coefficient (Wildman–Crippen LogP) is 1.80. The average molecular weight is 245 g/mol. The zero-order chi connectivity index (χ0) is 13.0. The Balaban J connectivity index is 1.98. The molecule has 0 unspecified atom stereocenters. The lowest BCUT2D eigenvalue weighted by Gasteiger charge is -2.05. The second kappa shape index (κ2) is 5.40. The monoisotopic (exact) mass is 245 g/mol. The van der Waals surface area contributed by atoms with E-state index in [1.165, 1.54) is 24.3 Å². The molecule has 1 aromatic carbocycles. The van der Waals surface area contributed by atoms with Crippen LogP contribution >= 0.6 is 0 Å². The highest BCUT2D eigenvalue weighted by atomic mass is 19.1. The summed E-state index contributed by atoms with van der Waals surface area (Å²) in [7, 11) is 0. The van der Waals surface area contributed by atoms with Gasteiger partial charge in [-0.15, -0.1) is 0 Å².